The molecule has 2 saturated heterocycles. The summed E-state index contributed by atoms with van der Waals surface area (Å²) in [6.07, 6.45) is 8.88. The maximum atomic E-state index is 6.74. The van der Waals surface area contributed by atoms with Crippen molar-refractivity contribution < 1.29 is 9.47 Å². The van der Waals surface area contributed by atoms with Gasteiger partial charge in [0.2, 0.25) is 0 Å². The lowest BCUT2D eigenvalue weighted by Gasteiger charge is -2.58. The molecule has 3 unspecified atom stereocenters. The lowest BCUT2D eigenvalue weighted by Crippen LogP contribution is -2.71. The molecule has 2 rings (SSSR count). The SMILES string of the molecule is C[SiH](C)C1(C2([SiH](C)CCCNCCN)CCCCO2)CCCCO1. The third-order valence-corrected chi connectivity index (χ3v) is 13.3. The van der Waals surface area contributed by atoms with E-state index in [1.807, 2.05) is 0 Å². The van der Waals surface area contributed by atoms with Gasteiger partial charge in [0, 0.05) is 26.3 Å². The molecule has 0 amide bonds. The molecule has 142 valence electrons. The first-order valence-electron chi connectivity index (χ1n) is 10.3. The number of ether oxygens (including phenoxy) is 2. The van der Waals surface area contributed by atoms with Crippen molar-refractivity contribution >= 4 is 17.6 Å². The quantitative estimate of drug-likeness (QED) is 0.481. The van der Waals surface area contributed by atoms with Crippen LogP contribution in [0.25, 0.3) is 0 Å². The highest BCUT2D eigenvalue weighted by Crippen LogP contribution is 2.47. The Morgan fingerprint density at radius 2 is 1.54 bits per heavy atom. The molecule has 0 bridgehead atoms. The van der Waals surface area contributed by atoms with Gasteiger partial charge in [0.15, 0.2) is 0 Å². The normalized spacial score (nSPS) is 32.9. The van der Waals surface area contributed by atoms with E-state index in [1.165, 1.54) is 51.0 Å². The standard InChI is InChI=1S/C18H40N2O2Si2/c1-23(2)17(9-4-6-14-21-17)18(10-5-7-15-22-18)24(3)16-8-12-20-13-11-19/h20,23-24H,4-16,19H2,1-3H3. The van der Waals surface area contributed by atoms with Crippen LogP contribution in [0.1, 0.15) is 44.9 Å². The van der Waals surface area contributed by atoms with E-state index in [0.717, 1.165) is 32.8 Å². The number of hydrogen-bond donors (Lipinski definition) is 2. The van der Waals surface area contributed by atoms with E-state index in [9.17, 15) is 0 Å². The van der Waals surface area contributed by atoms with Crippen LogP contribution in [0.15, 0.2) is 0 Å². The highest BCUT2D eigenvalue weighted by atomic mass is 28.3. The molecule has 0 spiro atoms. The van der Waals surface area contributed by atoms with Crippen LogP contribution in [0.2, 0.25) is 25.7 Å². The lowest BCUT2D eigenvalue weighted by molar-refractivity contribution is -0.164. The first kappa shape index (κ1) is 20.6. The third kappa shape index (κ3) is 4.33. The molecule has 3 N–H and O–H groups in total. The summed E-state index contributed by atoms with van der Waals surface area (Å²) in [6, 6.07) is 1.35. The Bertz CT molecular complexity index is 357. The summed E-state index contributed by atoms with van der Waals surface area (Å²) < 4.78 is 13.4. The topological polar surface area (TPSA) is 56.5 Å². The highest BCUT2D eigenvalue weighted by molar-refractivity contribution is 6.67. The smallest absolute Gasteiger partial charge is 0.0800 e. The van der Waals surface area contributed by atoms with E-state index in [1.54, 1.807) is 0 Å². The molecule has 0 radical (unpaired) electrons. The van der Waals surface area contributed by atoms with Crippen LogP contribution in [0.3, 0.4) is 0 Å². The molecule has 6 heteroatoms. The zero-order valence-corrected chi connectivity index (χ0v) is 18.6. The fraction of sp³-hybridized carbons (Fsp3) is 1.00. The van der Waals surface area contributed by atoms with Gasteiger partial charge in [-0.1, -0.05) is 25.7 Å². The van der Waals surface area contributed by atoms with Crippen LogP contribution in [-0.2, 0) is 9.47 Å². The number of rotatable bonds is 9. The third-order valence-electron chi connectivity index (χ3n) is 6.36. The molecule has 2 fully saturated rings. The van der Waals surface area contributed by atoms with E-state index in [-0.39, 0.29) is 10.4 Å². The Labute approximate surface area is 152 Å². The Hall–Kier alpha value is 0.274. The van der Waals surface area contributed by atoms with Crippen LogP contribution in [-0.4, -0.2) is 60.9 Å². The molecular formula is C18H40N2O2Si2. The minimum absolute atomic E-state index is 0.0971. The van der Waals surface area contributed by atoms with Gasteiger partial charge in [0.05, 0.1) is 28.0 Å². The van der Waals surface area contributed by atoms with Gasteiger partial charge in [-0.3, -0.25) is 0 Å². The second-order valence-electron chi connectivity index (χ2n) is 8.13. The predicted molar refractivity (Wildman–Crippen MR) is 108 cm³/mol. The van der Waals surface area contributed by atoms with Crippen molar-refractivity contribution in [2.75, 3.05) is 32.8 Å². The summed E-state index contributed by atoms with van der Waals surface area (Å²) >= 11 is 0. The maximum absolute atomic E-state index is 6.74. The van der Waals surface area contributed by atoms with Crippen LogP contribution < -0.4 is 11.1 Å². The highest BCUT2D eigenvalue weighted by Gasteiger charge is 2.58. The summed E-state index contributed by atoms with van der Waals surface area (Å²) in [5.41, 5.74) is 5.57. The molecular weight excluding hydrogens is 332 g/mol. The lowest BCUT2D eigenvalue weighted by atomic mass is 9.96. The predicted octanol–water partition coefficient (Wildman–Crippen LogP) is 2.23. The maximum Gasteiger partial charge on any atom is 0.0800 e. The fourth-order valence-electron chi connectivity index (χ4n) is 5.04. The van der Waals surface area contributed by atoms with Crippen LogP contribution in [0.5, 0.6) is 0 Å². The first-order valence-corrected chi connectivity index (χ1v) is 15.7. The molecule has 2 heterocycles. The molecule has 0 aromatic carbocycles. The van der Waals surface area contributed by atoms with E-state index < -0.39 is 17.6 Å². The number of nitrogens with one attached hydrogen (secondary N) is 1. The summed E-state index contributed by atoms with van der Waals surface area (Å²) in [5.74, 6) is 0. The molecule has 0 aromatic heterocycles. The molecule has 2 aliphatic rings. The van der Waals surface area contributed by atoms with E-state index >= 15 is 0 Å². The summed E-state index contributed by atoms with van der Waals surface area (Å²) in [7, 11) is -2.03. The van der Waals surface area contributed by atoms with E-state index in [4.69, 9.17) is 15.2 Å². The average Bonchev–Trinajstić information content (AvgIpc) is 2.62. The van der Waals surface area contributed by atoms with Gasteiger partial charge in [-0.05, 0) is 51.5 Å². The molecule has 0 aliphatic carbocycles. The van der Waals surface area contributed by atoms with Crippen LogP contribution >= 0.6 is 0 Å². The summed E-state index contributed by atoms with van der Waals surface area (Å²) in [5, 5.41) is 3.65. The van der Waals surface area contributed by atoms with Crippen molar-refractivity contribution in [3.05, 3.63) is 0 Å². The minimum Gasteiger partial charge on any atom is -0.376 e. The van der Waals surface area contributed by atoms with E-state index in [0.29, 0.717) is 0 Å². The van der Waals surface area contributed by atoms with Crippen LogP contribution in [0.4, 0.5) is 0 Å². The zero-order chi connectivity index (χ0) is 17.5. The molecule has 4 nitrogen and oxygen atoms in total. The van der Waals surface area contributed by atoms with Gasteiger partial charge in [-0.25, -0.2) is 0 Å². The summed E-state index contributed by atoms with van der Waals surface area (Å²) in [6.45, 7) is 12.2. The molecule has 0 aromatic rings. The van der Waals surface area contributed by atoms with Gasteiger partial charge in [-0.2, -0.15) is 0 Å². The van der Waals surface area contributed by atoms with Crippen molar-refractivity contribution in [1.82, 2.24) is 5.32 Å². The van der Waals surface area contributed by atoms with Crippen molar-refractivity contribution in [3.63, 3.8) is 0 Å². The monoisotopic (exact) mass is 372 g/mol. The molecule has 24 heavy (non-hydrogen) atoms. The number of nitrogens with two attached hydrogens (primary N) is 1. The second kappa shape index (κ2) is 9.83. The van der Waals surface area contributed by atoms with Crippen molar-refractivity contribution in [2.24, 2.45) is 5.73 Å². The van der Waals surface area contributed by atoms with Gasteiger partial charge in [0.25, 0.3) is 0 Å². The molecule has 3 atom stereocenters. The van der Waals surface area contributed by atoms with Gasteiger partial charge >= 0.3 is 0 Å². The van der Waals surface area contributed by atoms with Crippen molar-refractivity contribution in [2.45, 2.75) is 81.1 Å². The largest absolute Gasteiger partial charge is 0.376 e. The Kier molecular flexibility index (Phi) is 8.43. The molecule has 0 saturated carbocycles. The van der Waals surface area contributed by atoms with Gasteiger partial charge in [0.1, 0.15) is 0 Å². The Morgan fingerprint density at radius 3 is 2.04 bits per heavy atom. The minimum atomic E-state index is -1.05. The van der Waals surface area contributed by atoms with Gasteiger partial charge < -0.3 is 20.5 Å². The first-order chi connectivity index (χ1) is 11.6. The zero-order valence-electron chi connectivity index (χ0n) is 16.2. The van der Waals surface area contributed by atoms with Crippen LogP contribution in [0, 0.1) is 0 Å². The average molecular weight is 373 g/mol. The second-order valence-corrected chi connectivity index (χ2v) is 14.7. The van der Waals surface area contributed by atoms with E-state index in [2.05, 4.69) is 25.0 Å². The fourth-order valence-corrected chi connectivity index (χ4v) is 12.8. The molecule has 2 aliphatic heterocycles. The Morgan fingerprint density at radius 1 is 0.917 bits per heavy atom. The number of hydrogen-bond acceptors (Lipinski definition) is 4. The summed E-state index contributed by atoms with van der Waals surface area (Å²) in [4.78, 5) is 0. The van der Waals surface area contributed by atoms with Gasteiger partial charge in [-0.15, -0.1) is 0 Å². The van der Waals surface area contributed by atoms with Crippen molar-refractivity contribution in [3.8, 4) is 0 Å². The Balaban J connectivity index is 2.12. The van der Waals surface area contributed by atoms with Crippen molar-refractivity contribution in [1.29, 1.82) is 0 Å².